The van der Waals surface area contributed by atoms with Gasteiger partial charge in [0.2, 0.25) is 0 Å². The number of rotatable bonds is 10. The van der Waals surface area contributed by atoms with E-state index in [9.17, 15) is 0 Å². The summed E-state index contributed by atoms with van der Waals surface area (Å²) in [5, 5.41) is 26.5. The molecule has 1 unspecified atom stereocenters. The number of allylic oxidation sites excluding steroid dienone is 1. The molecule has 0 aromatic carbocycles. The molecule has 0 saturated carbocycles. The van der Waals surface area contributed by atoms with Crippen LogP contribution in [-0.2, 0) is 4.74 Å². The lowest BCUT2D eigenvalue weighted by Crippen LogP contribution is -2.76. The summed E-state index contributed by atoms with van der Waals surface area (Å²) in [6.07, 6.45) is 4.29. The number of quaternary nitrogens is 1. The minimum atomic E-state index is 0.188. The van der Waals surface area contributed by atoms with Crippen molar-refractivity contribution in [2.75, 3.05) is 32.6 Å². The number of nitrogens with zero attached hydrogens (tertiary/aromatic N) is 5. The Balaban J connectivity index is 1.71. The van der Waals surface area contributed by atoms with Crippen LogP contribution < -0.4 is 10.6 Å². The van der Waals surface area contributed by atoms with Gasteiger partial charge in [0, 0.05) is 31.6 Å². The van der Waals surface area contributed by atoms with Gasteiger partial charge in [0.15, 0.2) is 17.2 Å². The summed E-state index contributed by atoms with van der Waals surface area (Å²) in [7, 11) is 3.63. The van der Waals surface area contributed by atoms with E-state index in [1.807, 2.05) is 49.6 Å². The average Bonchev–Trinajstić information content (AvgIpc) is 3.12. The molecule has 3 aromatic rings. The van der Waals surface area contributed by atoms with E-state index in [-0.39, 0.29) is 5.92 Å². The summed E-state index contributed by atoms with van der Waals surface area (Å²) in [6, 6.07) is 7.84. The van der Waals surface area contributed by atoms with Gasteiger partial charge in [-0.1, -0.05) is 6.92 Å². The fourth-order valence-electron chi connectivity index (χ4n) is 3.18. The fourth-order valence-corrected chi connectivity index (χ4v) is 3.18. The third kappa shape index (κ3) is 5.25. The van der Waals surface area contributed by atoms with Crippen molar-refractivity contribution in [1.29, 1.82) is 5.41 Å². The number of anilines is 1. The molecule has 3 aromatic heterocycles. The lowest BCUT2D eigenvalue weighted by Gasteiger charge is -2.13. The smallest absolute Gasteiger partial charge is 0.177 e. The average molecular weight is 410 g/mol. The van der Waals surface area contributed by atoms with Crippen LogP contribution in [0.25, 0.3) is 11.3 Å². The van der Waals surface area contributed by atoms with Crippen molar-refractivity contribution in [1.82, 2.24) is 24.8 Å². The zero-order valence-electron chi connectivity index (χ0n) is 17.9. The number of methoxy groups -OCH3 is 1. The van der Waals surface area contributed by atoms with Crippen molar-refractivity contribution in [3.8, 4) is 0 Å². The maximum atomic E-state index is 8.51. The largest absolute Gasteiger partial charge is 0.383 e. The number of aryl methyl sites for hydroxylation is 1. The highest BCUT2D eigenvalue weighted by Crippen LogP contribution is 2.22. The van der Waals surface area contributed by atoms with Gasteiger partial charge in [-0.2, -0.15) is 9.61 Å². The molecule has 0 spiro atoms. The highest BCUT2D eigenvalue weighted by atomic mass is 16.5. The summed E-state index contributed by atoms with van der Waals surface area (Å²) >= 11 is 0. The normalized spacial score (nSPS) is 12.9. The zero-order valence-corrected chi connectivity index (χ0v) is 17.9. The van der Waals surface area contributed by atoms with E-state index in [0.29, 0.717) is 30.9 Å². The predicted molar refractivity (Wildman–Crippen MR) is 117 cm³/mol. The van der Waals surface area contributed by atoms with Gasteiger partial charge in [0.05, 0.1) is 13.7 Å². The number of nitrogens with two attached hydrogens (primary N) is 1. The van der Waals surface area contributed by atoms with Crippen LogP contribution >= 0.6 is 0 Å². The molecule has 0 aliphatic carbocycles. The Kier molecular flexibility index (Phi) is 7.21. The summed E-state index contributed by atoms with van der Waals surface area (Å²) in [6.45, 7) is 5.32. The van der Waals surface area contributed by atoms with E-state index in [0.717, 1.165) is 28.6 Å². The van der Waals surface area contributed by atoms with Gasteiger partial charge in [-0.3, -0.25) is 0 Å². The maximum Gasteiger partial charge on any atom is 0.177 e. The molecule has 0 fully saturated rings. The molecule has 0 aliphatic heterocycles. The van der Waals surface area contributed by atoms with Crippen LogP contribution in [-0.4, -0.2) is 57.8 Å². The molecule has 0 saturated heterocycles. The third-order valence-electron chi connectivity index (χ3n) is 4.85. The quantitative estimate of drug-likeness (QED) is 0.346. The first-order valence-corrected chi connectivity index (χ1v) is 9.98. The summed E-state index contributed by atoms with van der Waals surface area (Å²) < 4.78 is 6.78. The molecular weight excluding hydrogens is 380 g/mol. The van der Waals surface area contributed by atoms with Crippen molar-refractivity contribution < 1.29 is 10.1 Å². The van der Waals surface area contributed by atoms with E-state index in [1.54, 1.807) is 17.8 Å². The standard InChI is InChI=1S/C21H28N8O/c1-14(16-7-8-24-20(12-16)25-9-10-30-4)11-17(22)13-19(23-3)18-5-6-21-27-26-15(2)29(21)28-18/h5-8,12-14,22-23H,9-11H2,1-4H3,(H,24,25)/p+1/b19-13-,22-17?. The van der Waals surface area contributed by atoms with Crippen LogP contribution in [0, 0.1) is 12.3 Å². The molecule has 0 amide bonds. The van der Waals surface area contributed by atoms with E-state index in [4.69, 9.17) is 10.1 Å². The zero-order chi connectivity index (χ0) is 21.5. The van der Waals surface area contributed by atoms with Crippen molar-refractivity contribution in [3.05, 3.63) is 53.6 Å². The second-order valence-corrected chi connectivity index (χ2v) is 7.15. The molecule has 3 rings (SSSR count). The van der Waals surface area contributed by atoms with Crippen molar-refractivity contribution in [3.63, 3.8) is 0 Å². The second kappa shape index (κ2) is 10.0. The van der Waals surface area contributed by atoms with E-state index < -0.39 is 0 Å². The molecule has 9 heteroatoms. The Morgan fingerprint density at radius 2 is 2.17 bits per heavy atom. The number of hydrogen-bond donors (Lipinski definition) is 3. The molecular formula is C21H29N8O+. The number of ether oxygens (including phenoxy) is 1. The first kappa shape index (κ1) is 21.5. The van der Waals surface area contributed by atoms with E-state index >= 15 is 0 Å². The van der Waals surface area contributed by atoms with Gasteiger partial charge < -0.3 is 20.8 Å². The van der Waals surface area contributed by atoms with Crippen LogP contribution in [0.4, 0.5) is 5.82 Å². The highest BCUT2D eigenvalue weighted by molar-refractivity contribution is 5.97. The fraction of sp³-hybridized carbons (Fsp3) is 0.381. The first-order valence-electron chi connectivity index (χ1n) is 9.98. The first-order chi connectivity index (χ1) is 14.5. The topological polar surface area (TPSA) is 118 Å². The second-order valence-electron chi connectivity index (χ2n) is 7.15. The minimum Gasteiger partial charge on any atom is -0.383 e. The van der Waals surface area contributed by atoms with Crippen LogP contribution in [0.2, 0.25) is 0 Å². The van der Waals surface area contributed by atoms with Crippen molar-refractivity contribution in [2.24, 2.45) is 0 Å². The van der Waals surface area contributed by atoms with Crippen molar-refractivity contribution >= 4 is 22.9 Å². The van der Waals surface area contributed by atoms with Crippen LogP contribution in [0.1, 0.15) is 36.3 Å². The molecule has 30 heavy (non-hydrogen) atoms. The number of hydrogen-bond acceptors (Lipinski definition) is 7. The SMILES string of the molecule is C[NH2+]/C(=C\C(=N)CC(C)c1ccnc(NCCOC)c1)c1ccc2nnc(C)n2n1. The molecule has 9 nitrogen and oxygen atoms in total. The number of pyridine rings is 1. The van der Waals surface area contributed by atoms with Gasteiger partial charge >= 0.3 is 0 Å². The number of aromatic nitrogens is 5. The van der Waals surface area contributed by atoms with Gasteiger partial charge in [-0.15, -0.1) is 10.2 Å². The number of nitrogens with one attached hydrogen (secondary N) is 2. The lowest BCUT2D eigenvalue weighted by molar-refractivity contribution is -0.530. The molecule has 3 heterocycles. The summed E-state index contributed by atoms with van der Waals surface area (Å²) in [4.78, 5) is 4.34. The van der Waals surface area contributed by atoms with Crippen LogP contribution in [0.5, 0.6) is 0 Å². The monoisotopic (exact) mass is 409 g/mol. The number of fused-ring (bicyclic) bond motifs is 1. The molecule has 0 bridgehead atoms. The Labute approximate surface area is 176 Å². The van der Waals surface area contributed by atoms with E-state index in [2.05, 4.69) is 32.5 Å². The Morgan fingerprint density at radius 3 is 2.93 bits per heavy atom. The van der Waals surface area contributed by atoms with Gasteiger partial charge in [0.25, 0.3) is 0 Å². The lowest BCUT2D eigenvalue weighted by atomic mass is 9.95. The highest BCUT2D eigenvalue weighted by Gasteiger charge is 2.13. The molecule has 1 atom stereocenters. The Morgan fingerprint density at radius 1 is 1.33 bits per heavy atom. The Bertz CT molecular complexity index is 1040. The molecule has 0 radical (unpaired) electrons. The van der Waals surface area contributed by atoms with Gasteiger partial charge in [-0.25, -0.2) is 4.98 Å². The molecule has 158 valence electrons. The predicted octanol–water partition coefficient (Wildman–Crippen LogP) is 1.63. The van der Waals surface area contributed by atoms with Crippen LogP contribution in [0.15, 0.2) is 36.5 Å². The van der Waals surface area contributed by atoms with Crippen molar-refractivity contribution in [2.45, 2.75) is 26.2 Å². The Hall–Kier alpha value is -3.17. The molecule has 4 N–H and O–H groups in total. The summed E-state index contributed by atoms with van der Waals surface area (Å²) in [5.74, 6) is 1.75. The minimum absolute atomic E-state index is 0.188. The third-order valence-corrected chi connectivity index (χ3v) is 4.85. The van der Waals surface area contributed by atoms with E-state index in [1.165, 1.54) is 0 Å². The molecule has 0 aliphatic rings. The van der Waals surface area contributed by atoms with Gasteiger partial charge in [-0.05, 0) is 49.1 Å². The van der Waals surface area contributed by atoms with Gasteiger partial charge in [0.1, 0.15) is 11.5 Å². The summed E-state index contributed by atoms with van der Waals surface area (Å²) in [5.41, 5.74) is 4.09. The van der Waals surface area contributed by atoms with Crippen LogP contribution in [0.3, 0.4) is 0 Å². The maximum absolute atomic E-state index is 8.51.